The number of rotatable bonds is 3. The average molecular weight is 398 g/mol. The monoisotopic (exact) mass is 397 g/mol. The molecule has 26 heavy (non-hydrogen) atoms. The van der Waals surface area contributed by atoms with Crippen LogP contribution in [0.1, 0.15) is 45.0 Å². The summed E-state index contributed by atoms with van der Waals surface area (Å²) in [5.41, 5.74) is 7.40. The Morgan fingerprint density at radius 3 is 2.58 bits per heavy atom. The molecule has 6 nitrogen and oxygen atoms in total. The normalized spacial score (nSPS) is 22.9. The van der Waals surface area contributed by atoms with Crippen LogP contribution in [0.15, 0.2) is 24.3 Å². The maximum Gasteiger partial charge on any atom is 0.445 e. The molecule has 1 aromatic rings. The van der Waals surface area contributed by atoms with E-state index in [0.29, 0.717) is 23.7 Å². The Kier molecular flexibility index (Phi) is 5.36. The molecule has 1 atom stereocenters. The van der Waals surface area contributed by atoms with E-state index >= 15 is 0 Å². The zero-order chi connectivity index (χ0) is 18.6. The topological polar surface area (TPSA) is 75.6 Å². The van der Waals surface area contributed by atoms with Crippen molar-refractivity contribution < 1.29 is 31.3 Å². The summed E-state index contributed by atoms with van der Waals surface area (Å²) in [5, 5.41) is 0. The molecule has 142 valence electrons. The van der Waals surface area contributed by atoms with Gasteiger partial charge >= 0.3 is 12.0 Å². The second-order valence-corrected chi connectivity index (χ2v) is 9.49. The molecule has 0 spiro atoms. The summed E-state index contributed by atoms with van der Waals surface area (Å²) in [6.45, 7) is 10.3. The van der Waals surface area contributed by atoms with Crippen LogP contribution in [0.25, 0.3) is 0 Å². The summed E-state index contributed by atoms with van der Waals surface area (Å²) >= 11 is 1.74. The van der Waals surface area contributed by atoms with E-state index in [-0.39, 0.29) is 34.1 Å². The predicted molar refractivity (Wildman–Crippen MR) is 98.3 cm³/mol. The molecule has 3 rings (SSSR count). The van der Waals surface area contributed by atoms with Crippen LogP contribution in [0.4, 0.5) is 10.5 Å². The number of carbonyl (C=O) groups excluding carboxylic acids is 2. The first kappa shape index (κ1) is 20.6. The number of hydrogen-bond acceptors (Lipinski definition) is 5. The molecule has 2 heterocycles. The Labute approximate surface area is 164 Å². The van der Waals surface area contributed by atoms with E-state index in [1.54, 1.807) is 43.0 Å². The van der Waals surface area contributed by atoms with Crippen molar-refractivity contribution in [3.05, 3.63) is 29.8 Å². The lowest BCUT2D eigenvalue weighted by Crippen LogP contribution is -3.00. The van der Waals surface area contributed by atoms with Crippen molar-refractivity contribution in [2.75, 3.05) is 6.61 Å². The van der Waals surface area contributed by atoms with Gasteiger partial charge in [-0.1, -0.05) is 6.07 Å². The van der Waals surface area contributed by atoms with E-state index in [1.807, 2.05) is 18.7 Å². The summed E-state index contributed by atoms with van der Waals surface area (Å²) in [4.78, 5) is 26.6. The highest BCUT2D eigenvalue weighted by molar-refractivity contribution is 8.02. The molecule has 8 heteroatoms. The van der Waals surface area contributed by atoms with Gasteiger partial charge in [0.25, 0.3) is 0 Å². The number of fused-ring (bicyclic) bond motifs is 1. The molecule has 0 bridgehead atoms. The highest BCUT2D eigenvalue weighted by Gasteiger charge is 2.65. The van der Waals surface area contributed by atoms with Crippen LogP contribution in [0, 0.1) is 0 Å². The Balaban J connectivity index is 0.00000243. The van der Waals surface area contributed by atoms with E-state index in [1.165, 1.54) is 4.58 Å². The Hall–Kier alpha value is -1.73. The molecule has 2 N–H and O–H groups in total. The van der Waals surface area contributed by atoms with Gasteiger partial charge in [-0.3, -0.25) is 0 Å². The van der Waals surface area contributed by atoms with Gasteiger partial charge in [0.15, 0.2) is 6.04 Å². The fourth-order valence-corrected chi connectivity index (χ4v) is 5.69. The number of benzene rings is 1. The molecule has 2 aliphatic rings. The SMILES string of the molecule is CCOC(=O)c1cccc([N+]2=C(N)C3N(C2=O)C(C)(C)SC3(C)C)c1.[Cl-]. The zero-order valence-corrected chi connectivity index (χ0v) is 17.1. The van der Waals surface area contributed by atoms with Gasteiger partial charge in [-0.05, 0) is 52.8 Å². The van der Waals surface area contributed by atoms with Crippen molar-refractivity contribution in [2.45, 2.75) is 50.3 Å². The molecular formula is C18H24ClN3O3S. The van der Waals surface area contributed by atoms with Crippen LogP contribution in [0.3, 0.4) is 0 Å². The molecule has 1 unspecified atom stereocenters. The second-order valence-electron chi connectivity index (χ2n) is 7.24. The number of nitrogens with two attached hydrogens (primary N) is 1. The number of halogens is 1. The standard InChI is InChI=1S/C18H23N3O3S.ClH/c1-6-24-15(22)11-8-7-9-12(10-11)20-14(19)13-17(2,3)25-18(4,5)21(13)16(20)23;/h7-10,13,19H,6H2,1-5H3;1H. The summed E-state index contributed by atoms with van der Waals surface area (Å²) in [6, 6.07) is 6.48. The smallest absolute Gasteiger partial charge is 0.445 e. The largest absolute Gasteiger partial charge is 1.00 e. The summed E-state index contributed by atoms with van der Waals surface area (Å²) < 4.78 is 6.36. The van der Waals surface area contributed by atoms with E-state index in [0.717, 1.165) is 0 Å². The highest BCUT2D eigenvalue weighted by atomic mass is 35.5. The maximum atomic E-state index is 13.1. The van der Waals surface area contributed by atoms with Crippen LogP contribution < -0.4 is 18.1 Å². The predicted octanol–water partition coefficient (Wildman–Crippen LogP) is -0.0658. The van der Waals surface area contributed by atoms with Crippen molar-refractivity contribution in [1.82, 2.24) is 4.90 Å². The number of amides is 2. The lowest BCUT2D eigenvalue weighted by atomic mass is 10.0. The van der Waals surface area contributed by atoms with Crippen molar-refractivity contribution in [1.29, 1.82) is 0 Å². The first-order chi connectivity index (χ1) is 11.6. The van der Waals surface area contributed by atoms with Gasteiger partial charge < -0.3 is 22.9 Å². The molecule has 0 aromatic heterocycles. The molecule has 0 aliphatic carbocycles. The highest BCUT2D eigenvalue weighted by Crippen LogP contribution is 2.53. The van der Waals surface area contributed by atoms with Gasteiger partial charge in [0.2, 0.25) is 5.84 Å². The lowest BCUT2D eigenvalue weighted by Gasteiger charge is -2.24. The molecular weight excluding hydrogens is 374 g/mol. The van der Waals surface area contributed by atoms with Crippen LogP contribution >= 0.6 is 11.8 Å². The first-order valence-corrected chi connectivity index (χ1v) is 9.15. The minimum Gasteiger partial charge on any atom is -1.00 e. The van der Waals surface area contributed by atoms with Gasteiger partial charge in [0.05, 0.1) is 16.9 Å². The van der Waals surface area contributed by atoms with Gasteiger partial charge in [-0.25, -0.2) is 14.5 Å². The van der Waals surface area contributed by atoms with Gasteiger partial charge in [0, 0.05) is 0 Å². The quantitative estimate of drug-likeness (QED) is 0.571. The number of urea groups is 1. The fraction of sp³-hybridized carbons (Fsp3) is 0.500. The van der Waals surface area contributed by atoms with Crippen LogP contribution in [0.2, 0.25) is 0 Å². The summed E-state index contributed by atoms with van der Waals surface area (Å²) in [6.07, 6.45) is 0. The third-order valence-electron chi connectivity index (χ3n) is 4.56. The number of nitrogens with zero attached hydrogens (tertiary/aromatic N) is 2. The van der Waals surface area contributed by atoms with Gasteiger partial charge in [0.1, 0.15) is 10.6 Å². The molecule has 2 aliphatic heterocycles. The number of thioether (sulfide) groups is 1. The molecule has 2 amide bonds. The second kappa shape index (κ2) is 6.78. The van der Waals surface area contributed by atoms with Crippen molar-refractivity contribution in [3.8, 4) is 0 Å². The van der Waals surface area contributed by atoms with Crippen LogP contribution in [0.5, 0.6) is 0 Å². The van der Waals surface area contributed by atoms with Crippen molar-refractivity contribution in [3.63, 3.8) is 0 Å². The van der Waals surface area contributed by atoms with E-state index in [4.69, 9.17) is 10.5 Å². The van der Waals surface area contributed by atoms with E-state index in [2.05, 4.69) is 13.8 Å². The average Bonchev–Trinajstić information content (AvgIpc) is 2.89. The van der Waals surface area contributed by atoms with Crippen LogP contribution in [-0.4, -0.2) is 49.6 Å². The molecule has 0 saturated carbocycles. The Bertz CT molecular complexity index is 792. The van der Waals surface area contributed by atoms with Crippen LogP contribution in [-0.2, 0) is 4.74 Å². The molecule has 0 radical (unpaired) electrons. The first-order valence-electron chi connectivity index (χ1n) is 8.33. The number of hydrogen-bond donors (Lipinski definition) is 1. The maximum absolute atomic E-state index is 13.1. The third kappa shape index (κ3) is 3.07. The Morgan fingerprint density at radius 1 is 1.35 bits per heavy atom. The lowest BCUT2D eigenvalue weighted by molar-refractivity contribution is -0.334. The summed E-state index contributed by atoms with van der Waals surface area (Å²) in [5.74, 6) is 0.0837. The zero-order valence-electron chi connectivity index (χ0n) is 15.6. The van der Waals surface area contributed by atoms with Crippen molar-refractivity contribution in [2.24, 2.45) is 5.73 Å². The van der Waals surface area contributed by atoms with Gasteiger partial charge in [-0.15, -0.1) is 11.8 Å². The van der Waals surface area contributed by atoms with Gasteiger partial charge in [-0.2, -0.15) is 4.58 Å². The third-order valence-corrected chi connectivity index (χ3v) is 6.01. The minimum absolute atomic E-state index is 0. The minimum atomic E-state index is -0.411. The molecule has 1 aromatic carbocycles. The number of esters is 1. The summed E-state index contributed by atoms with van der Waals surface area (Å²) in [7, 11) is 0. The Morgan fingerprint density at radius 2 is 2.00 bits per heavy atom. The number of ether oxygens (including phenoxy) is 1. The van der Waals surface area contributed by atoms with E-state index < -0.39 is 5.97 Å². The molecule has 1 fully saturated rings. The number of carbonyl (C=O) groups is 2. The van der Waals surface area contributed by atoms with Crippen molar-refractivity contribution >= 4 is 35.3 Å². The number of amidine groups is 1. The fourth-order valence-electron chi connectivity index (χ4n) is 3.79. The van der Waals surface area contributed by atoms with E-state index in [9.17, 15) is 9.59 Å². The molecule has 1 saturated heterocycles.